The van der Waals surface area contributed by atoms with Crippen LogP contribution in [0.25, 0.3) is 0 Å². The van der Waals surface area contributed by atoms with Crippen molar-refractivity contribution in [1.82, 2.24) is 0 Å². The Balaban J connectivity index is 3.03. The third kappa shape index (κ3) is 19.4. The molecule has 0 atom stereocenters. The molecule has 0 aliphatic heterocycles. The van der Waals surface area contributed by atoms with Crippen molar-refractivity contribution in [2.45, 2.75) is 110 Å². The molecule has 0 aromatic carbocycles. The van der Waals surface area contributed by atoms with E-state index in [0.29, 0.717) is 0 Å². The molecule has 0 radical (unpaired) electrons. The van der Waals surface area contributed by atoms with Crippen molar-refractivity contribution in [3.05, 3.63) is 12.2 Å². The molecule has 0 aliphatic rings. The molecule has 0 heterocycles. The molecule has 1 nitrogen and oxygen atoms in total. The number of carbonyl (C=O) groups excluding carboxylic acids is 1. The fourth-order valence-corrected chi connectivity index (χ4v) is 2.65. The summed E-state index contributed by atoms with van der Waals surface area (Å²) in [5.74, 6) is 0. The minimum absolute atomic E-state index is 0.749. The Morgan fingerprint density at radius 1 is 0.524 bits per heavy atom. The van der Waals surface area contributed by atoms with Gasteiger partial charge in [0.25, 0.3) is 0 Å². The highest BCUT2D eigenvalue weighted by Crippen LogP contribution is 2.10. The summed E-state index contributed by atoms with van der Waals surface area (Å²) in [5, 5.41) is 0. The van der Waals surface area contributed by atoms with E-state index >= 15 is 0 Å². The second-order valence-corrected chi connectivity index (χ2v) is 6.25. The monoisotopic (exact) mass is 294 g/mol. The number of hydrogen-bond acceptors (Lipinski definition) is 1. The Hall–Kier alpha value is -0.590. The lowest BCUT2D eigenvalue weighted by Crippen LogP contribution is -1.81. The topological polar surface area (TPSA) is 17.1 Å². The van der Waals surface area contributed by atoms with Crippen molar-refractivity contribution in [3.8, 4) is 0 Å². The molecule has 0 N–H and O–H groups in total. The zero-order valence-corrected chi connectivity index (χ0v) is 14.5. The fourth-order valence-electron chi connectivity index (χ4n) is 2.65. The molecule has 0 amide bonds. The van der Waals surface area contributed by atoms with Crippen molar-refractivity contribution in [3.63, 3.8) is 0 Å². The average molecular weight is 295 g/mol. The van der Waals surface area contributed by atoms with Crippen molar-refractivity contribution in [2.24, 2.45) is 0 Å². The van der Waals surface area contributed by atoms with Gasteiger partial charge in [-0.25, -0.2) is 0 Å². The van der Waals surface area contributed by atoms with Crippen molar-refractivity contribution >= 4 is 6.29 Å². The van der Waals surface area contributed by atoms with Gasteiger partial charge in [-0.05, 0) is 32.1 Å². The largest absolute Gasteiger partial charge is 0.303 e. The summed E-state index contributed by atoms with van der Waals surface area (Å²) in [4.78, 5) is 10.2. The zero-order valence-electron chi connectivity index (χ0n) is 14.5. The van der Waals surface area contributed by atoms with Gasteiger partial charge in [0.2, 0.25) is 0 Å². The van der Waals surface area contributed by atoms with Crippen molar-refractivity contribution in [2.75, 3.05) is 0 Å². The van der Waals surface area contributed by atoms with Crippen LogP contribution in [0, 0.1) is 0 Å². The van der Waals surface area contributed by atoms with E-state index in [1.165, 1.54) is 89.9 Å². The lowest BCUT2D eigenvalue weighted by Gasteiger charge is -2.00. The van der Waals surface area contributed by atoms with Crippen LogP contribution in [0.5, 0.6) is 0 Å². The molecule has 0 spiro atoms. The second kappa shape index (κ2) is 19.4. The van der Waals surface area contributed by atoms with E-state index in [2.05, 4.69) is 19.1 Å². The third-order valence-corrected chi connectivity index (χ3v) is 4.08. The summed E-state index contributed by atoms with van der Waals surface area (Å²) in [7, 11) is 0. The summed E-state index contributed by atoms with van der Waals surface area (Å²) >= 11 is 0. The molecule has 0 bridgehead atoms. The number of aldehydes is 1. The van der Waals surface area contributed by atoms with Crippen LogP contribution in [-0.4, -0.2) is 6.29 Å². The van der Waals surface area contributed by atoms with Crippen LogP contribution in [0.4, 0.5) is 0 Å². The number of allylic oxidation sites excluding steroid dienone is 2. The van der Waals surface area contributed by atoms with E-state index in [-0.39, 0.29) is 0 Å². The molecule has 21 heavy (non-hydrogen) atoms. The van der Waals surface area contributed by atoms with Crippen LogP contribution in [0.15, 0.2) is 12.2 Å². The van der Waals surface area contributed by atoms with Crippen LogP contribution >= 0.6 is 0 Å². The van der Waals surface area contributed by atoms with Gasteiger partial charge in [0.1, 0.15) is 6.29 Å². The maximum atomic E-state index is 10.2. The molecule has 0 saturated carbocycles. The zero-order chi connectivity index (χ0) is 15.4. The molecule has 0 aromatic heterocycles. The summed E-state index contributed by atoms with van der Waals surface area (Å²) in [6, 6.07) is 0. The van der Waals surface area contributed by atoms with Gasteiger partial charge < -0.3 is 4.79 Å². The van der Waals surface area contributed by atoms with E-state index in [4.69, 9.17) is 0 Å². The number of rotatable bonds is 17. The van der Waals surface area contributed by atoms with Gasteiger partial charge in [0.15, 0.2) is 0 Å². The van der Waals surface area contributed by atoms with E-state index in [9.17, 15) is 4.79 Å². The highest BCUT2D eigenvalue weighted by Gasteiger charge is 1.91. The molecule has 0 aliphatic carbocycles. The first-order valence-corrected chi connectivity index (χ1v) is 9.50. The Morgan fingerprint density at radius 2 is 0.905 bits per heavy atom. The Morgan fingerprint density at radius 3 is 1.33 bits per heavy atom. The van der Waals surface area contributed by atoms with Crippen LogP contribution in [0.1, 0.15) is 110 Å². The summed E-state index contributed by atoms with van der Waals surface area (Å²) in [6.07, 6.45) is 26.6. The fraction of sp³-hybridized carbons (Fsp3) is 0.850. The number of hydrogen-bond donors (Lipinski definition) is 0. The first-order valence-electron chi connectivity index (χ1n) is 9.50. The molecular weight excluding hydrogens is 256 g/mol. The van der Waals surface area contributed by atoms with Crippen molar-refractivity contribution in [1.29, 1.82) is 0 Å². The summed E-state index contributed by atoms with van der Waals surface area (Å²) in [5.41, 5.74) is 0. The van der Waals surface area contributed by atoms with Crippen LogP contribution in [0.3, 0.4) is 0 Å². The van der Waals surface area contributed by atoms with Gasteiger partial charge in [-0.1, -0.05) is 83.3 Å². The average Bonchev–Trinajstić information content (AvgIpc) is 2.50. The molecule has 0 saturated heterocycles. The standard InChI is InChI=1S/C20H38O/c1-2-3-4-5-6-7-8-9-10-11-12-13-14-15-16-17-18-19-20-21/h11-12,20H,2-10,13-19H2,1H3. The van der Waals surface area contributed by atoms with E-state index in [1.54, 1.807) is 0 Å². The molecular formula is C20H38O. The highest BCUT2D eigenvalue weighted by molar-refractivity contribution is 5.48. The van der Waals surface area contributed by atoms with Gasteiger partial charge in [0.05, 0.1) is 0 Å². The molecule has 0 aromatic rings. The van der Waals surface area contributed by atoms with Gasteiger partial charge in [-0.15, -0.1) is 0 Å². The number of unbranched alkanes of at least 4 members (excludes halogenated alkanes) is 14. The Bertz CT molecular complexity index is 220. The maximum absolute atomic E-state index is 10.2. The lowest BCUT2D eigenvalue weighted by molar-refractivity contribution is -0.107. The highest BCUT2D eigenvalue weighted by atomic mass is 16.1. The van der Waals surface area contributed by atoms with Crippen LogP contribution in [-0.2, 0) is 4.79 Å². The first kappa shape index (κ1) is 20.4. The lowest BCUT2D eigenvalue weighted by atomic mass is 10.1. The van der Waals surface area contributed by atoms with Gasteiger partial charge in [0, 0.05) is 6.42 Å². The SMILES string of the molecule is CCCCCCCCCCC=CCCCCCCCC=O. The normalized spacial score (nSPS) is 11.3. The van der Waals surface area contributed by atoms with Crippen molar-refractivity contribution < 1.29 is 4.79 Å². The van der Waals surface area contributed by atoms with E-state index < -0.39 is 0 Å². The first-order chi connectivity index (χ1) is 10.4. The summed E-state index contributed by atoms with van der Waals surface area (Å²) < 4.78 is 0. The van der Waals surface area contributed by atoms with E-state index in [1.807, 2.05) is 0 Å². The molecule has 1 heteroatoms. The minimum atomic E-state index is 0.749. The third-order valence-electron chi connectivity index (χ3n) is 4.08. The van der Waals surface area contributed by atoms with Gasteiger partial charge in [-0.2, -0.15) is 0 Å². The predicted octanol–water partition coefficient (Wildman–Crippen LogP) is 7.00. The van der Waals surface area contributed by atoms with Gasteiger partial charge >= 0.3 is 0 Å². The molecule has 0 fully saturated rings. The molecule has 0 unspecified atom stereocenters. The Kier molecular flexibility index (Phi) is 18.9. The van der Waals surface area contributed by atoms with Crippen LogP contribution < -0.4 is 0 Å². The minimum Gasteiger partial charge on any atom is -0.303 e. The molecule has 124 valence electrons. The van der Waals surface area contributed by atoms with Gasteiger partial charge in [-0.3, -0.25) is 0 Å². The maximum Gasteiger partial charge on any atom is 0.119 e. The summed E-state index contributed by atoms with van der Waals surface area (Å²) in [6.45, 7) is 2.28. The smallest absolute Gasteiger partial charge is 0.119 e. The second-order valence-electron chi connectivity index (χ2n) is 6.25. The predicted molar refractivity (Wildman–Crippen MR) is 94.8 cm³/mol. The van der Waals surface area contributed by atoms with E-state index in [0.717, 1.165) is 19.1 Å². The Labute approximate surface area is 133 Å². The molecule has 0 rings (SSSR count). The number of carbonyl (C=O) groups is 1. The quantitative estimate of drug-likeness (QED) is 0.160. The van der Waals surface area contributed by atoms with Crippen LogP contribution in [0.2, 0.25) is 0 Å².